The van der Waals surface area contributed by atoms with Gasteiger partial charge in [-0.1, -0.05) is 31.9 Å². The van der Waals surface area contributed by atoms with Gasteiger partial charge in [-0.15, -0.1) is 0 Å². The Morgan fingerprint density at radius 3 is 2.64 bits per heavy atom. The minimum atomic E-state index is 0.547. The highest BCUT2D eigenvalue weighted by Gasteiger charge is 1.95. The molecule has 0 bridgehead atoms. The number of nitrogens with one attached hydrogen (secondary N) is 1. The van der Waals surface area contributed by atoms with Gasteiger partial charge in [-0.3, -0.25) is 0 Å². The average Bonchev–Trinajstić information content (AvgIpc) is 1.97. The molecule has 0 aromatic rings. The molecule has 0 spiro atoms. The molecule has 62 valence electrons. The second-order valence-electron chi connectivity index (χ2n) is 2.82. The van der Waals surface area contributed by atoms with Crippen LogP contribution >= 0.6 is 0 Å². The first-order chi connectivity index (χ1) is 5.18. The Balaban J connectivity index is 3.55. The van der Waals surface area contributed by atoms with Gasteiger partial charge in [-0.05, 0) is 12.8 Å². The number of hydrogen-bond acceptors (Lipinski definition) is 1. The van der Waals surface area contributed by atoms with Crippen molar-refractivity contribution in [3.8, 4) is 12.0 Å². The van der Waals surface area contributed by atoms with Crippen LogP contribution in [-0.4, -0.2) is 6.54 Å². The second kappa shape index (κ2) is 5.85. The van der Waals surface area contributed by atoms with Crippen molar-refractivity contribution in [1.29, 1.82) is 0 Å². The van der Waals surface area contributed by atoms with Gasteiger partial charge in [0.25, 0.3) is 0 Å². The van der Waals surface area contributed by atoms with Crippen LogP contribution in [0, 0.1) is 17.9 Å². The standard InChI is InChI=1S/C10H17N/c1-5-11-8-6-7-10(4)9(2)3/h9,11H,4-5,7H2,1-3H3. The van der Waals surface area contributed by atoms with E-state index in [1.54, 1.807) is 0 Å². The molecule has 0 unspecified atom stereocenters. The van der Waals surface area contributed by atoms with Crippen LogP contribution < -0.4 is 5.32 Å². The zero-order valence-corrected chi connectivity index (χ0v) is 7.70. The molecule has 1 N–H and O–H groups in total. The quantitative estimate of drug-likeness (QED) is 0.370. The lowest BCUT2D eigenvalue weighted by atomic mass is 10.0. The van der Waals surface area contributed by atoms with Crippen molar-refractivity contribution in [2.45, 2.75) is 27.2 Å². The highest BCUT2D eigenvalue weighted by molar-refractivity contribution is 5.11. The second-order valence-corrected chi connectivity index (χ2v) is 2.82. The maximum atomic E-state index is 3.92. The van der Waals surface area contributed by atoms with E-state index < -0.39 is 0 Å². The summed E-state index contributed by atoms with van der Waals surface area (Å²) in [5.41, 5.74) is 1.20. The van der Waals surface area contributed by atoms with Crippen molar-refractivity contribution in [3.05, 3.63) is 12.2 Å². The zero-order valence-electron chi connectivity index (χ0n) is 7.70. The molecule has 0 saturated carbocycles. The lowest BCUT2D eigenvalue weighted by molar-refractivity contribution is 0.755. The normalized spacial score (nSPS) is 8.73. The minimum absolute atomic E-state index is 0.547. The average molecular weight is 151 g/mol. The largest absolute Gasteiger partial charge is 0.346 e. The fraction of sp³-hybridized carbons (Fsp3) is 0.600. The zero-order chi connectivity index (χ0) is 8.69. The highest BCUT2D eigenvalue weighted by Crippen LogP contribution is 2.08. The molecule has 0 aromatic carbocycles. The van der Waals surface area contributed by atoms with Crippen LogP contribution in [0.5, 0.6) is 0 Å². The molecule has 0 saturated heterocycles. The first-order valence-corrected chi connectivity index (χ1v) is 4.06. The lowest BCUT2D eigenvalue weighted by Crippen LogP contribution is -2.02. The third-order valence-electron chi connectivity index (χ3n) is 1.49. The summed E-state index contributed by atoms with van der Waals surface area (Å²) in [7, 11) is 0. The van der Waals surface area contributed by atoms with Crippen LogP contribution in [-0.2, 0) is 0 Å². The first kappa shape index (κ1) is 10.1. The van der Waals surface area contributed by atoms with Crippen molar-refractivity contribution < 1.29 is 0 Å². The van der Waals surface area contributed by atoms with E-state index in [0.717, 1.165) is 13.0 Å². The lowest BCUT2D eigenvalue weighted by Gasteiger charge is -2.03. The van der Waals surface area contributed by atoms with Crippen LogP contribution in [0.1, 0.15) is 27.2 Å². The Hall–Kier alpha value is -0.900. The van der Waals surface area contributed by atoms with E-state index in [4.69, 9.17) is 0 Å². The summed E-state index contributed by atoms with van der Waals surface area (Å²) in [6, 6.07) is 2.86. The van der Waals surface area contributed by atoms with Gasteiger partial charge in [-0.2, -0.15) is 0 Å². The summed E-state index contributed by atoms with van der Waals surface area (Å²) in [6.07, 6.45) is 0.810. The van der Waals surface area contributed by atoms with Crippen LogP contribution in [0.25, 0.3) is 0 Å². The van der Waals surface area contributed by atoms with Gasteiger partial charge >= 0.3 is 0 Å². The summed E-state index contributed by atoms with van der Waals surface area (Å²) < 4.78 is 0. The van der Waals surface area contributed by atoms with E-state index in [-0.39, 0.29) is 0 Å². The van der Waals surface area contributed by atoms with Gasteiger partial charge in [0.2, 0.25) is 0 Å². The van der Waals surface area contributed by atoms with Crippen molar-refractivity contribution in [2.75, 3.05) is 6.54 Å². The molecular formula is C10H17N. The predicted molar refractivity (Wildman–Crippen MR) is 50.0 cm³/mol. The predicted octanol–water partition coefficient (Wildman–Crippen LogP) is 2.16. The topological polar surface area (TPSA) is 12.0 Å². The SMILES string of the molecule is C=C(CC#CNCC)C(C)C. The third kappa shape index (κ3) is 5.54. The number of allylic oxidation sites excluding steroid dienone is 1. The van der Waals surface area contributed by atoms with Crippen molar-refractivity contribution in [3.63, 3.8) is 0 Å². The van der Waals surface area contributed by atoms with E-state index in [9.17, 15) is 0 Å². The van der Waals surface area contributed by atoms with Gasteiger partial charge < -0.3 is 5.32 Å². The highest BCUT2D eigenvalue weighted by atomic mass is 14.8. The Labute approximate surface area is 69.9 Å². The molecular weight excluding hydrogens is 134 g/mol. The molecule has 0 aliphatic rings. The van der Waals surface area contributed by atoms with E-state index in [2.05, 4.69) is 37.7 Å². The monoisotopic (exact) mass is 151 g/mol. The maximum absolute atomic E-state index is 3.92. The Kier molecular flexibility index (Phi) is 5.37. The smallest absolute Gasteiger partial charge is 0.0317 e. The molecule has 0 aliphatic carbocycles. The summed E-state index contributed by atoms with van der Waals surface area (Å²) in [5, 5.41) is 2.94. The fourth-order valence-electron chi connectivity index (χ4n) is 0.513. The van der Waals surface area contributed by atoms with Gasteiger partial charge in [0.05, 0.1) is 0 Å². The molecule has 0 aliphatic heterocycles. The van der Waals surface area contributed by atoms with E-state index in [1.807, 2.05) is 6.92 Å². The Morgan fingerprint density at radius 1 is 1.55 bits per heavy atom. The molecule has 0 radical (unpaired) electrons. The van der Waals surface area contributed by atoms with Crippen LogP contribution in [0.15, 0.2) is 12.2 Å². The van der Waals surface area contributed by atoms with Gasteiger partial charge in [0.1, 0.15) is 0 Å². The van der Waals surface area contributed by atoms with Crippen molar-refractivity contribution >= 4 is 0 Å². The molecule has 0 amide bonds. The molecule has 1 heteroatoms. The number of hydrogen-bond donors (Lipinski definition) is 1. The maximum Gasteiger partial charge on any atom is 0.0317 e. The van der Waals surface area contributed by atoms with E-state index in [0.29, 0.717) is 5.92 Å². The summed E-state index contributed by atoms with van der Waals surface area (Å²) >= 11 is 0. The van der Waals surface area contributed by atoms with Crippen molar-refractivity contribution in [1.82, 2.24) is 5.32 Å². The molecule has 0 heterocycles. The molecule has 0 aromatic heterocycles. The molecule has 0 atom stereocenters. The molecule has 0 rings (SSSR count). The van der Waals surface area contributed by atoms with Gasteiger partial charge in [0.15, 0.2) is 0 Å². The van der Waals surface area contributed by atoms with Crippen molar-refractivity contribution in [2.24, 2.45) is 5.92 Å². The van der Waals surface area contributed by atoms with Crippen LogP contribution in [0.2, 0.25) is 0 Å². The Morgan fingerprint density at radius 2 is 2.18 bits per heavy atom. The van der Waals surface area contributed by atoms with E-state index in [1.165, 1.54) is 5.57 Å². The fourth-order valence-corrected chi connectivity index (χ4v) is 0.513. The number of rotatable bonds is 3. The third-order valence-corrected chi connectivity index (χ3v) is 1.49. The summed E-state index contributed by atoms with van der Waals surface area (Å²) in [4.78, 5) is 0. The first-order valence-electron chi connectivity index (χ1n) is 4.06. The molecule has 0 fully saturated rings. The van der Waals surface area contributed by atoms with Gasteiger partial charge in [-0.25, -0.2) is 0 Å². The van der Waals surface area contributed by atoms with Crippen LogP contribution in [0.3, 0.4) is 0 Å². The molecule has 1 nitrogen and oxygen atoms in total. The van der Waals surface area contributed by atoms with Crippen LogP contribution in [0.4, 0.5) is 0 Å². The van der Waals surface area contributed by atoms with Gasteiger partial charge in [0, 0.05) is 19.0 Å². The summed E-state index contributed by atoms with van der Waals surface area (Å²) in [5.74, 6) is 3.55. The summed E-state index contributed by atoms with van der Waals surface area (Å²) in [6.45, 7) is 11.1. The minimum Gasteiger partial charge on any atom is -0.346 e. The molecule has 11 heavy (non-hydrogen) atoms. The van der Waals surface area contributed by atoms with E-state index >= 15 is 0 Å². The Bertz CT molecular complexity index is 169.